The normalized spacial score (nSPS) is 11.8. The van der Waals surface area contributed by atoms with Crippen LogP contribution in [0.5, 0.6) is 0 Å². The van der Waals surface area contributed by atoms with Crippen molar-refractivity contribution in [3.63, 3.8) is 0 Å². The van der Waals surface area contributed by atoms with Crippen molar-refractivity contribution < 1.29 is 23.6 Å². The molecular formula is C16H18FN3O4. The van der Waals surface area contributed by atoms with E-state index in [1.165, 1.54) is 24.9 Å². The van der Waals surface area contributed by atoms with Crippen molar-refractivity contribution in [2.24, 2.45) is 5.92 Å². The van der Waals surface area contributed by atoms with Gasteiger partial charge in [0.1, 0.15) is 5.82 Å². The minimum absolute atomic E-state index is 0.0399. The summed E-state index contributed by atoms with van der Waals surface area (Å²) >= 11 is 0. The van der Waals surface area contributed by atoms with Crippen LogP contribution in [-0.4, -0.2) is 40.8 Å². The number of nitrogens with zero attached hydrogens (tertiary/aromatic N) is 2. The molecule has 2 amide bonds. The summed E-state index contributed by atoms with van der Waals surface area (Å²) in [5.41, 5.74) is 0.726. The minimum Gasteiger partial charge on any atom is -0.481 e. The Balaban J connectivity index is 2.13. The molecule has 0 aliphatic heterocycles. The number of anilines is 1. The van der Waals surface area contributed by atoms with Gasteiger partial charge in [-0.05, 0) is 19.1 Å². The van der Waals surface area contributed by atoms with E-state index in [2.05, 4.69) is 10.5 Å². The van der Waals surface area contributed by atoms with Crippen LogP contribution in [0.3, 0.4) is 0 Å². The number of halogens is 1. The standard InChI is InChI=1S/C16H18FN3O4/c1-9(15(21)22)8-20(3)16(23)18-14-10(2)13(24-19-14)11-6-4-5-7-12(11)17/h4-7,9H,8H2,1-3H3,(H,21,22)(H,18,19,23). The highest BCUT2D eigenvalue weighted by Gasteiger charge is 2.21. The van der Waals surface area contributed by atoms with Gasteiger partial charge in [0.15, 0.2) is 11.6 Å². The van der Waals surface area contributed by atoms with Crippen LogP contribution in [0.25, 0.3) is 11.3 Å². The number of hydrogen-bond donors (Lipinski definition) is 2. The average Bonchev–Trinajstić information content (AvgIpc) is 2.88. The predicted octanol–water partition coefficient (Wildman–Crippen LogP) is 2.97. The fraction of sp³-hybridized carbons (Fsp3) is 0.312. The summed E-state index contributed by atoms with van der Waals surface area (Å²) in [6.45, 7) is 3.19. The summed E-state index contributed by atoms with van der Waals surface area (Å²) in [6, 6.07) is 5.55. The van der Waals surface area contributed by atoms with E-state index in [-0.39, 0.29) is 23.7 Å². The summed E-state index contributed by atoms with van der Waals surface area (Å²) in [4.78, 5) is 24.2. The van der Waals surface area contributed by atoms with Crippen LogP contribution in [0.1, 0.15) is 12.5 Å². The summed E-state index contributed by atoms with van der Waals surface area (Å²) in [5.74, 6) is -1.76. The Bertz CT molecular complexity index is 760. The second-order valence-electron chi connectivity index (χ2n) is 5.52. The summed E-state index contributed by atoms with van der Waals surface area (Å²) in [6.07, 6.45) is 0. The molecule has 1 aromatic carbocycles. The first-order chi connectivity index (χ1) is 11.3. The third kappa shape index (κ3) is 3.70. The highest BCUT2D eigenvalue weighted by Crippen LogP contribution is 2.30. The molecule has 1 heterocycles. The maximum absolute atomic E-state index is 13.8. The largest absolute Gasteiger partial charge is 0.481 e. The van der Waals surface area contributed by atoms with Gasteiger partial charge in [0, 0.05) is 19.2 Å². The molecule has 24 heavy (non-hydrogen) atoms. The molecule has 2 rings (SSSR count). The van der Waals surface area contributed by atoms with Gasteiger partial charge in [0.05, 0.1) is 11.5 Å². The number of rotatable bonds is 5. The van der Waals surface area contributed by atoms with E-state index in [9.17, 15) is 14.0 Å². The fourth-order valence-corrected chi connectivity index (χ4v) is 2.12. The number of carboxylic acids is 1. The van der Waals surface area contributed by atoms with Gasteiger partial charge in [0.2, 0.25) is 0 Å². The molecule has 1 unspecified atom stereocenters. The zero-order chi connectivity index (χ0) is 17.9. The summed E-state index contributed by atoms with van der Waals surface area (Å²) in [5, 5.41) is 15.2. The van der Waals surface area contributed by atoms with Gasteiger partial charge in [0.25, 0.3) is 0 Å². The Morgan fingerprint density at radius 2 is 2.08 bits per heavy atom. The topological polar surface area (TPSA) is 95.7 Å². The summed E-state index contributed by atoms with van der Waals surface area (Å²) < 4.78 is 19.0. The highest BCUT2D eigenvalue weighted by atomic mass is 19.1. The molecule has 0 saturated heterocycles. The predicted molar refractivity (Wildman–Crippen MR) is 85.1 cm³/mol. The Labute approximate surface area is 138 Å². The molecule has 0 radical (unpaired) electrons. The van der Waals surface area contributed by atoms with Crippen LogP contribution >= 0.6 is 0 Å². The number of hydrogen-bond acceptors (Lipinski definition) is 4. The highest BCUT2D eigenvalue weighted by molar-refractivity contribution is 5.90. The number of carboxylic acid groups (broad SMARTS) is 1. The quantitative estimate of drug-likeness (QED) is 0.876. The molecule has 1 atom stereocenters. The molecule has 8 heteroatoms. The van der Waals surface area contributed by atoms with Gasteiger partial charge in [-0.15, -0.1) is 0 Å². The van der Waals surface area contributed by atoms with E-state index in [0.29, 0.717) is 5.56 Å². The van der Waals surface area contributed by atoms with Crippen LogP contribution in [0.4, 0.5) is 15.0 Å². The van der Waals surface area contributed by atoms with Crippen LogP contribution in [0.2, 0.25) is 0 Å². The first kappa shape index (κ1) is 17.5. The van der Waals surface area contributed by atoms with Crippen molar-refractivity contribution in [2.75, 3.05) is 18.9 Å². The number of aliphatic carboxylic acids is 1. The second kappa shape index (κ2) is 7.12. The van der Waals surface area contributed by atoms with Gasteiger partial charge in [-0.3, -0.25) is 10.1 Å². The van der Waals surface area contributed by atoms with E-state index in [1.54, 1.807) is 25.1 Å². The molecule has 128 valence electrons. The molecule has 1 aromatic heterocycles. The Kier molecular flexibility index (Phi) is 5.18. The first-order valence-corrected chi connectivity index (χ1v) is 7.27. The lowest BCUT2D eigenvalue weighted by Gasteiger charge is -2.19. The Morgan fingerprint density at radius 3 is 2.71 bits per heavy atom. The van der Waals surface area contributed by atoms with E-state index >= 15 is 0 Å². The van der Waals surface area contributed by atoms with Crippen molar-refractivity contribution in [3.05, 3.63) is 35.6 Å². The zero-order valence-corrected chi connectivity index (χ0v) is 13.5. The molecule has 0 saturated carbocycles. The van der Waals surface area contributed by atoms with Gasteiger partial charge in [-0.1, -0.05) is 24.2 Å². The van der Waals surface area contributed by atoms with Crippen LogP contribution in [0, 0.1) is 18.7 Å². The van der Waals surface area contributed by atoms with Gasteiger partial charge in [-0.25, -0.2) is 9.18 Å². The van der Waals surface area contributed by atoms with E-state index in [4.69, 9.17) is 9.63 Å². The van der Waals surface area contributed by atoms with E-state index in [0.717, 1.165) is 0 Å². The number of carbonyl (C=O) groups is 2. The molecular weight excluding hydrogens is 317 g/mol. The fourth-order valence-electron chi connectivity index (χ4n) is 2.12. The van der Waals surface area contributed by atoms with Crippen molar-refractivity contribution >= 4 is 17.8 Å². The van der Waals surface area contributed by atoms with Crippen molar-refractivity contribution in [3.8, 4) is 11.3 Å². The molecule has 2 aromatic rings. The maximum Gasteiger partial charge on any atom is 0.322 e. The smallest absolute Gasteiger partial charge is 0.322 e. The Hall–Kier alpha value is -2.90. The maximum atomic E-state index is 13.8. The molecule has 2 N–H and O–H groups in total. The van der Waals surface area contributed by atoms with Crippen molar-refractivity contribution in [1.29, 1.82) is 0 Å². The SMILES string of the molecule is Cc1c(NC(=O)N(C)CC(C)C(=O)O)noc1-c1ccccc1F. The molecule has 0 aliphatic carbocycles. The van der Waals surface area contributed by atoms with E-state index < -0.39 is 23.7 Å². The molecule has 0 aliphatic rings. The van der Waals surface area contributed by atoms with Gasteiger partial charge >= 0.3 is 12.0 Å². The lowest BCUT2D eigenvalue weighted by atomic mass is 10.1. The molecule has 0 fully saturated rings. The molecule has 0 bridgehead atoms. The van der Waals surface area contributed by atoms with Crippen LogP contribution in [-0.2, 0) is 4.79 Å². The van der Waals surface area contributed by atoms with E-state index in [1.807, 2.05) is 0 Å². The second-order valence-corrected chi connectivity index (χ2v) is 5.52. The lowest BCUT2D eigenvalue weighted by molar-refractivity contribution is -0.141. The first-order valence-electron chi connectivity index (χ1n) is 7.27. The summed E-state index contributed by atoms with van der Waals surface area (Å²) in [7, 11) is 1.47. The van der Waals surface area contributed by atoms with Crippen LogP contribution in [0.15, 0.2) is 28.8 Å². The third-order valence-corrected chi connectivity index (χ3v) is 3.58. The number of aromatic nitrogens is 1. The third-order valence-electron chi connectivity index (χ3n) is 3.58. The zero-order valence-electron chi connectivity index (χ0n) is 13.5. The number of urea groups is 1. The molecule has 0 spiro atoms. The minimum atomic E-state index is -0.992. The van der Waals surface area contributed by atoms with Crippen LogP contribution < -0.4 is 5.32 Å². The number of carbonyl (C=O) groups excluding carboxylic acids is 1. The van der Waals surface area contributed by atoms with Gasteiger partial charge in [-0.2, -0.15) is 0 Å². The number of nitrogens with one attached hydrogen (secondary N) is 1. The Morgan fingerprint density at radius 1 is 1.42 bits per heavy atom. The van der Waals surface area contributed by atoms with Crippen molar-refractivity contribution in [2.45, 2.75) is 13.8 Å². The van der Waals surface area contributed by atoms with Gasteiger partial charge < -0.3 is 14.5 Å². The van der Waals surface area contributed by atoms with Crippen molar-refractivity contribution in [1.82, 2.24) is 10.1 Å². The number of benzene rings is 1. The molecule has 7 nitrogen and oxygen atoms in total. The number of amides is 2. The lowest BCUT2D eigenvalue weighted by Crippen LogP contribution is -2.36. The average molecular weight is 335 g/mol. The monoisotopic (exact) mass is 335 g/mol.